The molecule has 202 valence electrons. The van der Waals surface area contributed by atoms with Gasteiger partial charge >= 0.3 is 24.2 Å². The first-order valence-corrected chi connectivity index (χ1v) is 10.7. The van der Waals surface area contributed by atoms with Crippen LogP contribution in [0.2, 0.25) is 0 Å². The number of aromatic carboxylic acids is 1. The number of nitrogens with zero attached hydrogens (tertiary/aromatic N) is 3. The van der Waals surface area contributed by atoms with E-state index in [1.54, 1.807) is 0 Å². The van der Waals surface area contributed by atoms with Gasteiger partial charge in [0, 0.05) is 6.20 Å². The molecule has 0 bridgehead atoms. The van der Waals surface area contributed by atoms with Gasteiger partial charge in [0.1, 0.15) is 24.8 Å². The van der Waals surface area contributed by atoms with Crippen molar-refractivity contribution in [3.8, 4) is 5.69 Å². The maximum Gasteiger partial charge on any atom is 0.418 e. The average molecular weight is 549 g/mol. The molecule has 0 radical (unpaired) electrons. The zero-order chi connectivity index (χ0) is 28.5. The van der Waals surface area contributed by atoms with Gasteiger partial charge in [-0.1, -0.05) is 0 Å². The number of hydrogen-bond donors (Lipinski definition) is 4. The molecule has 12 nitrogen and oxygen atoms in total. The Labute approximate surface area is 214 Å². The number of nitrogens with one attached hydrogen (secondary N) is 2. The van der Waals surface area contributed by atoms with Gasteiger partial charge < -0.3 is 29.6 Å². The minimum absolute atomic E-state index is 0.00781. The summed E-state index contributed by atoms with van der Waals surface area (Å²) in [5.41, 5.74) is -3.35. The highest BCUT2D eigenvalue weighted by Gasteiger charge is 2.37. The molecule has 2 heterocycles. The lowest BCUT2D eigenvalue weighted by atomic mass is 10.0. The number of alkyl halides is 3. The summed E-state index contributed by atoms with van der Waals surface area (Å²) in [5.74, 6) is -3.95. The molecule has 0 fully saturated rings. The van der Waals surface area contributed by atoms with E-state index in [2.05, 4.69) is 20.6 Å². The highest BCUT2D eigenvalue weighted by atomic mass is 19.4. The van der Waals surface area contributed by atoms with Gasteiger partial charge in [-0.05, 0) is 30.3 Å². The number of aromatic nitrogens is 2. The molecule has 4 rings (SSSR count). The molecule has 3 aromatic rings. The van der Waals surface area contributed by atoms with Crippen molar-refractivity contribution in [1.29, 1.82) is 0 Å². The van der Waals surface area contributed by atoms with Crippen LogP contribution in [0, 0.1) is 5.82 Å². The fourth-order valence-corrected chi connectivity index (χ4v) is 3.55. The number of aliphatic carboxylic acids is 1. The van der Waals surface area contributed by atoms with E-state index in [9.17, 15) is 41.8 Å². The Bertz CT molecular complexity index is 1530. The third-order valence-electron chi connectivity index (χ3n) is 5.34. The van der Waals surface area contributed by atoms with Crippen LogP contribution in [0.25, 0.3) is 5.69 Å². The Morgan fingerprint density at radius 2 is 1.90 bits per heavy atom. The summed E-state index contributed by atoms with van der Waals surface area (Å²) in [5, 5.41) is 22.6. The van der Waals surface area contributed by atoms with Crippen LogP contribution >= 0.6 is 0 Å². The van der Waals surface area contributed by atoms with Crippen molar-refractivity contribution >= 4 is 47.1 Å². The number of carboxylic acids is 2. The first-order chi connectivity index (χ1) is 18.4. The molecule has 1 unspecified atom stereocenters. The molecule has 0 aliphatic carbocycles. The van der Waals surface area contributed by atoms with E-state index in [1.807, 2.05) is 0 Å². The Kier molecular flexibility index (Phi) is 7.03. The maximum atomic E-state index is 14.0. The molecule has 1 aliphatic rings. The Morgan fingerprint density at radius 1 is 1.15 bits per heavy atom. The average Bonchev–Trinajstić information content (AvgIpc) is 3.35. The number of hydrogen-bond acceptors (Lipinski definition) is 8. The minimum atomic E-state index is -4.87. The minimum Gasteiger partial charge on any atom is -0.478 e. The number of aliphatic imine (C=N–C) groups is 1. The van der Waals surface area contributed by atoms with E-state index < -0.39 is 59.6 Å². The van der Waals surface area contributed by atoms with Gasteiger partial charge in [0.2, 0.25) is 0 Å². The number of halogens is 4. The van der Waals surface area contributed by atoms with Gasteiger partial charge in [-0.2, -0.15) is 13.2 Å². The summed E-state index contributed by atoms with van der Waals surface area (Å²) >= 11 is 0. The number of imidazole rings is 1. The van der Waals surface area contributed by atoms with Gasteiger partial charge in [0.25, 0.3) is 0 Å². The number of rotatable bonds is 7. The lowest BCUT2D eigenvalue weighted by Gasteiger charge is -2.24. The largest absolute Gasteiger partial charge is 0.478 e. The van der Waals surface area contributed by atoms with Gasteiger partial charge in [0.05, 0.1) is 45.9 Å². The molecule has 1 atom stereocenters. The molecule has 1 aromatic heterocycles. The molecule has 1 amide bonds. The second kappa shape index (κ2) is 10.2. The first kappa shape index (κ1) is 26.8. The molecule has 1 aliphatic heterocycles. The predicted molar refractivity (Wildman–Crippen MR) is 124 cm³/mol. The number of fused-ring (bicyclic) bond motifs is 1. The van der Waals surface area contributed by atoms with E-state index in [4.69, 9.17) is 9.84 Å². The summed E-state index contributed by atoms with van der Waals surface area (Å²) in [4.78, 5) is 53.2. The van der Waals surface area contributed by atoms with Crippen LogP contribution in [0.3, 0.4) is 0 Å². The standard InChI is InChI=1S/C23H15F4N5O7/c24-13-3-10(20(34)35)1-2-14(13)31-22(38)39-8-11-6-32(9-28-11)18-5-16-15(4-12(18)23(25,26)27)29-17(7-33)19(30-16)21(36)37/h1-7,9,17,29H,8H2,(H,31,38)(H,34,35)(H,36,37). The Balaban J connectivity index is 1.55. The van der Waals surface area contributed by atoms with Crippen LogP contribution in [0.4, 0.5) is 39.4 Å². The summed E-state index contributed by atoms with van der Waals surface area (Å²) in [6.07, 6.45) is -3.72. The van der Waals surface area contributed by atoms with Crippen molar-refractivity contribution in [3.05, 3.63) is 65.5 Å². The smallest absolute Gasteiger partial charge is 0.418 e. The molecule has 4 N–H and O–H groups in total. The summed E-state index contributed by atoms with van der Waals surface area (Å²) in [6, 6.07) is 2.93. The fraction of sp³-hybridized carbons (Fsp3) is 0.130. The zero-order valence-corrected chi connectivity index (χ0v) is 19.2. The molecular formula is C23H15F4N5O7. The SMILES string of the molecule is O=CC1Nc2cc(C(F)(F)F)c(-n3cnc(COC(=O)Nc4ccc(C(=O)O)cc4F)c3)cc2N=C1C(=O)O. The van der Waals surface area contributed by atoms with Crippen LogP contribution in [0.15, 0.2) is 47.8 Å². The summed E-state index contributed by atoms with van der Waals surface area (Å²) < 4.78 is 61.4. The second-order valence-corrected chi connectivity index (χ2v) is 7.92. The molecule has 39 heavy (non-hydrogen) atoms. The lowest BCUT2D eigenvalue weighted by Crippen LogP contribution is -2.38. The van der Waals surface area contributed by atoms with Gasteiger partial charge in [-0.15, -0.1) is 0 Å². The number of benzene rings is 2. The molecule has 0 saturated carbocycles. The van der Waals surface area contributed by atoms with Crippen molar-refractivity contribution in [1.82, 2.24) is 9.55 Å². The van der Waals surface area contributed by atoms with Crippen molar-refractivity contribution in [3.63, 3.8) is 0 Å². The van der Waals surface area contributed by atoms with Gasteiger partial charge in [0.15, 0.2) is 5.71 Å². The predicted octanol–water partition coefficient (Wildman–Crippen LogP) is 3.63. The third kappa shape index (κ3) is 5.68. The van der Waals surface area contributed by atoms with Crippen LogP contribution in [0.5, 0.6) is 0 Å². The number of carbonyl (C=O) groups is 4. The summed E-state index contributed by atoms with van der Waals surface area (Å²) in [6.45, 7) is -0.538. The van der Waals surface area contributed by atoms with Crippen molar-refractivity contribution in [2.75, 3.05) is 10.6 Å². The fourth-order valence-electron chi connectivity index (χ4n) is 3.55. The van der Waals surface area contributed by atoms with Gasteiger partial charge in [-0.3, -0.25) is 5.32 Å². The van der Waals surface area contributed by atoms with Crippen molar-refractivity contribution in [2.24, 2.45) is 4.99 Å². The Morgan fingerprint density at radius 3 is 2.51 bits per heavy atom. The highest BCUT2D eigenvalue weighted by molar-refractivity contribution is 6.42. The number of carbonyl (C=O) groups excluding carboxylic acids is 2. The molecular weight excluding hydrogens is 534 g/mol. The third-order valence-corrected chi connectivity index (χ3v) is 5.34. The van der Waals surface area contributed by atoms with Gasteiger partial charge in [-0.25, -0.2) is 28.8 Å². The van der Waals surface area contributed by atoms with Crippen molar-refractivity contribution < 1.29 is 51.7 Å². The number of anilines is 2. The molecule has 16 heteroatoms. The lowest BCUT2D eigenvalue weighted by molar-refractivity contribution is -0.137. The van der Waals surface area contributed by atoms with E-state index in [0.29, 0.717) is 12.1 Å². The van der Waals surface area contributed by atoms with E-state index in [-0.39, 0.29) is 34.6 Å². The number of aldehydes is 1. The molecule has 2 aromatic carbocycles. The highest BCUT2D eigenvalue weighted by Crippen LogP contribution is 2.41. The van der Waals surface area contributed by atoms with E-state index in [1.165, 1.54) is 0 Å². The van der Waals surface area contributed by atoms with Crippen LogP contribution < -0.4 is 10.6 Å². The molecule has 0 spiro atoms. The number of carboxylic acid groups (broad SMARTS) is 2. The van der Waals surface area contributed by atoms with Crippen molar-refractivity contribution in [2.45, 2.75) is 18.8 Å². The zero-order valence-electron chi connectivity index (χ0n) is 19.2. The van der Waals surface area contributed by atoms with Crippen LogP contribution in [0.1, 0.15) is 21.6 Å². The van der Waals surface area contributed by atoms with Crippen LogP contribution in [-0.4, -0.2) is 55.8 Å². The Hall–Kier alpha value is -5.28. The topological polar surface area (TPSA) is 172 Å². The number of amides is 1. The first-order valence-electron chi connectivity index (χ1n) is 10.7. The normalized spacial score (nSPS) is 14.5. The van der Waals surface area contributed by atoms with Crippen LogP contribution in [-0.2, 0) is 27.1 Å². The summed E-state index contributed by atoms with van der Waals surface area (Å²) in [7, 11) is 0. The molecule has 0 saturated heterocycles. The van der Waals surface area contributed by atoms with E-state index >= 15 is 0 Å². The second-order valence-electron chi connectivity index (χ2n) is 7.92. The quantitative estimate of drug-likeness (QED) is 0.254. The van der Waals surface area contributed by atoms with E-state index in [0.717, 1.165) is 35.3 Å². The monoisotopic (exact) mass is 549 g/mol. The number of ether oxygens (including phenoxy) is 1. The maximum absolute atomic E-state index is 14.0.